The van der Waals surface area contributed by atoms with Crippen molar-refractivity contribution >= 4 is 23.2 Å². The average Bonchev–Trinajstić information content (AvgIpc) is 3.08. The van der Waals surface area contributed by atoms with Gasteiger partial charge in [-0.05, 0) is 44.4 Å². The molecular weight excluding hydrogens is 236 g/mol. The van der Waals surface area contributed by atoms with Crippen LogP contribution in [0.15, 0.2) is 18.2 Å². The summed E-state index contributed by atoms with van der Waals surface area (Å²) >= 11 is 6.03. The van der Waals surface area contributed by atoms with Crippen LogP contribution in [0, 0.1) is 6.92 Å². The third-order valence-electron chi connectivity index (χ3n) is 2.96. The highest BCUT2D eigenvalue weighted by atomic mass is 35.5. The quantitative estimate of drug-likeness (QED) is 0.865. The van der Waals surface area contributed by atoms with Crippen LogP contribution in [0.2, 0.25) is 5.02 Å². The van der Waals surface area contributed by atoms with E-state index in [4.69, 9.17) is 11.6 Å². The van der Waals surface area contributed by atoms with Crippen LogP contribution in [0.5, 0.6) is 0 Å². The SMILES string of the molecule is Cc1c(Cl)cccc1NC(C)C(=O)NC1CC1. The van der Waals surface area contributed by atoms with Gasteiger partial charge in [-0.2, -0.15) is 0 Å². The monoisotopic (exact) mass is 252 g/mol. The number of halogens is 1. The van der Waals surface area contributed by atoms with Gasteiger partial charge in [-0.25, -0.2) is 0 Å². The lowest BCUT2D eigenvalue weighted by Gasteiger charge is -2.17. The summed E-state index contributed by atoms with van der Waals surface area (Å²) in [5, 5.41) is 6.87. The molecule has 0 heterocycles. The normalized spacial score (nSPS) is 16.4. The van der Waals surface area contributed by atoms with Crippen LogP contribution < -0.4 is 10.6 Å². The summed E-state index contributed by atoms with van der Waals surface area (Å²) in [4.78, 5) is 11.8. The van der Waals surface area contributed by atoms with Crippen molar-refractivity contribution < 1.29 is 4.79 Å². The molecule has 0 radical (unpaired) electrons. The molecule has 2 rings (SSSR count). The van der Waals surface area contributed by atoms with Gasteiger partial charge in [0.25, 0.3) is 0 Å². The molecule has 17 heavy (non-hydrogen) atoms. The molecule has 0 aromatic heterocycles. The second-order valence-corrected chi connectivity index (χ2v) is 4.97. The van der Waals surface area contributed by atoms with Gasteiger partial charge in [-0.1, -0.05) is 17.7 Å². The predicted molar refractivity (Wildman–Crippen MR) is 70.4 cm³/mol. The lowest BCUT2D eigenvalue weighted by atomic mass is 10.2. The van der Waals surface area contributed by atoms with Crippen LogP contribution in [-0.4, -0.2) is 18.0 Å². The standard InChI is InChI=1S/C13H17ClN2O/c1-8-11(14)4-3-5-12(8)15-9(2)13(17)16-10-6-7-10/h3-5,9-10,15H,6-7H2,1-2H3,(H,16,17). The van der Waals surface area contributed by atoms with Crippen molar-refractivity contribution in [1.82, 2.24) is 5.32 Å². The maximum absolute atomic E-state index is 11.8. The highest BCUT2D eigenvalue weighted by molar-refractivity contribution is 6.31. The van der Waals surface area contributed by atoms with Gasteiger partial charge in [-0.3, -0.25) is 4.79 Å². The topological polar surface area (TPSA) is 41.1 Å². The van der Waals surface area contributed by atoms with Gasteiger partial charge in [0.15, 0.2) is 0 Å². The summed E-state index contributed by atoms with van der Waals surface area (Å²) in [6.07, 6.45) is 2.21. The van der Waals surface area contributed by atoms with Gasteiger partial charge < -0.3 is 10.6 Å². The summed E-state index contributed by atoms with van der Waals surface area (Å²) in [6, 6.07) is 5.81. The fraction of sp³-hybridized carbons (Fsp3) is 0.462. The van der Waals surface area contributed by atoms with E-state index in [9.17, 15) is 4.79 Å². The van der Waals surface area contributed by atoms with Gasteiger partial charge >= 0.3 is 0 Å². The average molecular weight is 253 g/mol. The Labute approximate surface area is 107 Å². The largest absolute Gasteiger partial charge is 0.374 e. The van der Waals surface area contributed by atoms with Crippen LogP contribution in [0.1, 0.15) is 25.3 Å². The van der Waals surface area contributed by atoms with E-state index in [1.807, 2.05) is 32.0 Å². The number of anilines is 1. The zero-order valence-corrected chi connectivity index (χ0v) is 10.8. The minimum Gasteiger partial charge on any atom is -0.374 e. The van der Waals surface area contributed by atoms with Crippen LogP contribution >= 0.6 is 11.6 Å². The Kier molecular flexibility index (Phi) is 3.57. The zero-order chi connectivity index (χ0) is 12.4. The van der Waals surface area contributed by atoms with Crippen molar-refractivity contribution in [3.8, 4) is 0 Å². The number of hydrogen-bond donors (Lipinski definition) is 2. The van der Waals surface area contributed by atoms with Gasteiger partial charge in [0.1, 0.15) is 6.04 Å². The number of nitrogens with one attached hydrogen (secondary N) is 2. The zero-order valence-electron chi connectivity index (χ0n) is 10.1. The van der Waals surface area contributed by atoms with Gasteiger partial charge in [0, 0.05) is 16.8 Å². The molecule has 0 aliphatic heterocycles. The molecule has 0 saturated heterocycles. The highest BCUT2D eigenvalue weighted by Gasteiger charge is 2.25. The molecular formula is C13H17ClN2O. The molecule has 1 fully saturated rings. The molecule has 2 N–H and O–H groups in total. The van der Waals surface area contributed by atoms with Crippen molar-refractivity contribution in [3.05, 3.63) is 28.8 Å². The molecule has 1 saturated carbocycles. The molecule has 92 valence electrons. The summed E-state index contributed by atoms with van der Waals surface area (Å²) in [6.45, 7) is 3.80. The molecule has 1 aliphatic carbocycles. The van der Waals surface area contributed by atoms with E-state index >= 15 is 0 Å². The summed E-state index contributed by atoms with van der Waals surface area (Å²) < 4.78 is 0. The molecule has 0 spiro atoms. The second kappa shape index (κ2) is 4.96. The molecule has 1 amide bonds. The van der Waals surface area contributed by atoms with Crippen molar-refractivity contribution in [3.63, 3.8) is 0 Å². The third kappa shape index (κ3) is 3.13. The van der Waals surface area contributed by atoms with Crippen molar-refractivity contribution in [1.29, 1.82) is 0 Å². The van der Waals surface area contributed by atoms with E-state index in [0.29, 0.717) is 11.1 Å². The Morgan fingerprint density at radius 1 is 1.47 bits per heavy atom. The molecule has 1 aromatic rings. The first-order valence-corrected chi connectivity index (χ1v) is 6.27. The Bertz CT molecular complexity index is 429. The van der Waals surface area contributed by atoms with Crippen molar-refractivity contribution in [2.24, 2.45) is 0 Å². The smallest absolute Gasteiger partial charge is 0.242 e. The highest BCUT2D eigenvalue weighted by Crippen LogP contribution is 2.24. The molecule has 3 nitrogen and oxygen atoms in total. The minimum absolute atomic E-state index is 0.0480. The van der Waals surface area contributed by atoms with Gasteiger partial charge in [0.2, 0.25) is 5.91 Å². The van der Waals surface area contributed by atoms with E-state index in [1.165, 1.54) is 0 Å². The van der Waals surface area contributed by atoms with Gasteiger partial charge in [-0.15, -0.1) is 0 Å². The first kappa shape index (κ1) is 12.2. The lowest BCUT2D eigenvalue weighted by Crippen LogP contribution is -2.38. The van der Waals surface area contributed by atoms with Gasteiger partial charge in [0.05, 0.1) is 0 Å². The Hall–Kier alpha value is -1.22. The van der Waals surface area contributed by atoms with Crippen LogP contribution in [0.3, 0.4) is 0 Å². The summed E-state index contributed by atoms with van der Waals surface area (Å²) in [5.74, 6) is 0.0480. The van der Waals surface area contributed by atoms with Crippen molar-refractivity contribution in [2.75, 3.05) is 5.32 Å². The number of amides is 1. The summed E-state index contributed by atoms with van der Waals surface area (Å²) in [7, 11) is 0. The van der Waals surface area contributed by atoms with Crippen LogP contribution in [-0.2, 0) is 4.79 Å². The summed E-state index contributed by atoms with van der Waals surface area (Å²) in [5.41, 5.74) is 1.89. The van der Waals surface area contributed by atoms with E-state index < -0.39 is 0 Å². The Morgan fingerprint density at radius 3 is 2.82 bits per heavy atom. The predicted octanol–water partition coefficient (Wildman–Crippen LogP) is 2.73. The molecule has 1 aliphatic rings. The van der Waals surface area contributed by atoms with E-state index in [1.54, 1.807) is 0 Å². The molecule has 1 unspecified atom stereocenters. The minimum atomic E-state index is -0.243. The number of rotatable bonds is 4. The fourth-order valence-electron chi connectivity index (χ4n) is 1.62. The second-order valence-electron chi connectivity index (χ2n) is 4.56. The number of carbonyl (C=O) groups is 1. The maximum atomic E-state index is 11.8. The Balaban J connectivity index is 1.99. The van der Waals surface area contributed by atoms with E-state index in [2.05, 4.69) is 10.6 Å². The molecule has 4 heteroatoms. The maximum Gasteiger partial charge on any atom is 0.242 e. The van der Waals surface area contributed by atoms with Crippen LogP contribution in [0.4, 0.5) is 5.69 Å². The van der Waals surface area contributed by atoms with E-state index in [-0.39, 0.29) is 11.9 Å². The van der Waals surface area contributed by atoms with E-state index in [0.717, 1.165) is 24.1 Å². The first-order chi connectivity index (χ1) is 8.08. The lowest BCUT2D eigenvalue weighted by molar-refractivity contribution is -0.121. The van der Waals surface area contributed by atoms with Crippen LogP contribution in [0.25, 0.3) is 0 Å². The Morgan fingerprint density at radius 2 is 2.18 bits per heavy atom. The first-order valence-electron chi connectivity index (χ1n) is 5.90. The number of benzene rings is 1. The molecule has 1 atom stereocenters. The molecule has 1 aromatic carbocycles. The number of carbonyl (C=O) groups excluding carboxylic acids is 1. The van der Waals surface area contributed by atoms with Crippen molar-refractivity contribution in [2.45, 2.75) is 38.8 Å². The fourth-order valence-corrected chi connectivity index (χ4v) is 1.79. The molecule has 0 bridgehead atoms. The number of hydrogen-bond acceptors (Lipinski definition) is 2. The third-order valence-corrected chi connectivity index (χ3v) is 3.37.